The van der Waals surface area contributed by atoms with E-state index in [0.717, 1.165) is 5.56 Å². The summed E-state index contributed by atoms with van der Waals surface area (Å²) < 4.78 is 11.1. The minimum absolute atomic E-state index is 0.0346. The second-order valence-electron chi connectivity index (χ2n) is 6.82. The van der Waals surface area contributed by atoms with E-state index in [-0.39, 0.29) is 17.7 Å². The van der Waals surface area contributed by atoms with Crippen molar-refractivity contribution < 1.29 is 19.1 Å². The van der Waals surface area contributed by atoms with Crippen LogP contribution in [0.25, 0.3) is 0 Å². The highest BCUT2D eigenvalue weighted by molar-refractivity contribution is 7.12. The molecule has 0 saturated carbocycles. The molecule has 0 fully saturated rings. The first-order chi connectivity index (χ1) is 13.5. The highest BCUT2D eigenvalue weighted by atomic mass is 35.5. The van der Waals surface area contributed by atoms with Crippen LogP contribution in [0.4, 0.5) is 0 Å². The quantitative estimate of drug-likeness (QED) is 0.717. The van der Waals surface area contributed by atoms with Gasteiger partial charge in [0.1, 0.15) is 19.3 Å². The SMILES string of the molecule is CC(C)C(NC(=O)c1cccs1)C(=O)NCCc1cc(Cl)c2c(c1)OCCO2. The first-order valence-corrected chi connectivity index (χ1v) is 10.4. The zero-order chi connectivity index (χ0) is 20.1. The van der Waals surface area contributed by atoms with Gasteiger partial charge >= 0.3 is 0 Å². The van der Waals surface area contributed by atoms with Crippen molar-refractivity contribution in [3.05, 3.63) is 45.1 Å². The molecule has 1 aliphatic heterocycles. The summed E-state index contributed by atoms with van der Waals surface area (Å²) in [5, 5.41) is 8.05. The molecule has 1 atom stereocenters. The van der Waals surface area contributed by atoms with Crippen molar-refractivity contribution in [3.8, 4) is 11.5 Å². The molecule has 1 aromatic carbocycles. The van der Waals surface area contributed by atoms with Gasteiger partial charge in [0.05, 0.1) is 9.90 Å². The summed E-state index contributed by atoms with van der Waals surface area (Å²) >= 11 is 7.59. The lowest BCUT2D eigenvalue weighted by molar-refractivity contribution is -0.123. The number of hydrogen-bond donors (Lipinski definition) is 2. The zero-order valence-corrected chi connectivity index (χ0v) is 17.4. The van der Waals surface area contributed by atoms with Crippen LogP contribution < -0.4 is 20.1 Å². The molecule has 6 nitrogen and oxygen atoms in total. The standard InChI is InChI=1S/C20H23ClN2O4S/c1-12(2)17(23-19(24)16-4-3-9-28-16)20(25)22-6-5-13-10-14(21)18-15(11-13)26-7-8-27-18/h3-4,9-12,17H,5-8H2,1-2H3,(H,22,25)(H,23,24). The molecule has 150 valence electrons. The van der Waals surface area contributed by atoms with E-state index in [1.165, 1.54) is 11.3 Å². The number of thiophene rings is 1. The van der Waals surface area contributed by atoms with Crippen molar-refractivity contribution >= 4 is 34.8 Å². The van der Waals surface area contributed by atoms with E-state index >= 15 is 0 Å². The number of halogens is 1. The number of benzene rings is 1. The van der Waals surface area contributed by atoms with Gasteiger partial charge in [-0.25, -0.2) is 0 Å². The molecule has 2 amide bonds. The summed E-state index contributed by atoms with van der Waals surface area (Å²) in [5.74, 6) is 0.721. The number of amides is 2. The van der Waals surface area contributed by atoms with Crippen LogP contribution in [0.2, 0.25) is 5.02 Å². The van der Waals surface area contributed by atoms with Gasteiger partial charge in [0, 0.05) is 6.54 Å². The Morgan fingerprint density at radius 1 is 1.25 bits per heavy atom. The summed E-state index contributed by atoms with van der Waals surface area (Å²) in [6, 6.07) is 6.65. The number of carbonyl (C=O) groups is 2. The van der Waals surface area contributed by atoms with Gasteiger partial charge in [0.15, 0.2) is 11.5 Å². The Hall–Kier alpha value is -2.25. The lowest BCUT2D eigenvalue weighted by Gasteiger charge is -2.22. The van der Waals surface area contributed by atoms with Crippen LogP contribution in [-0.2, 0) is 11.2 Å². The number of carbonyl (C=O) groups excluding carboxylic acids is 2. The second kappa shape index (κ2) is 9.30. The maximum absolute atomic E-state index is 12.6. The van der Waals surface area contributed by atoms with Gasteiger partial charge in [-0.2, -0.15) is 0 Å². The molecule has 0 radical (unpaired) electrons. The molecule has 0 spiro atoms. The van der Waals surface area contributed by atoms with Crippen molar-refractivity contribution in [2.45, 2.75) is 26.3 Å². The van der Waals surface area contributed by atoms with E-state index in [9.17, 15) is 9.59 Å². The topological polar surface area (TPSA) is 76.7 Å². The third-order valence-electron chi connectivity index (χ3n) is 4.35. The van der Waals surface area contributed by atoms with Gasteiger partial charge in [-0.1, -0.05) is 31.5 Å². The molecule has 0 bridgehead atoms. The van der Waals surface area contributed by atoms with Crippen LogP contribution in [0.1, 0.15) is 29.1 Å². The molecule has 0 aliphatic carbocycles. The molecule has 1 aromatic heterocycles. The average Bonchev–Trinajstić information content (AvgIpc) is 3.20. The maximum atomic E-state index is 12.6. The number of fused-ring (bicyclic) bond motifs is 1. The van der Waals surface area contributed by atoms with Crippen LogP contribution in [0.5, 0.6) is 11.5 Å². The molecule has 28 heavy (non-hydrogen) atoms. The summed E-state index contributed by atoms with van der Waals surface area (Å²) in [6.07, 6.45) is 0.589. The lowest BCUT2D eigenvalue weighted by atomic mass is 10.0. The van der Waals surface area contributed by atoms with Gasteiger partial charge in [0.2, 0.25) is 5.91 Å². The summed E-state index contributed by atoms with van der Waals surface area (Å²) in [4.78, 5) is 25.4. The largest absolute Gasteiger partial charge is 0.486 e. The predicted octanol–water partition coefficient (Wildman–Crippen LogP) is 3.29. The van der Waals surface area contributed by atoms with Gasteiger partial charge in [-0.3, -0.25) is 9.59 Å². The number of ether oxygens (including phenoxy) is 2. The maximum Gasteiger partial charge on any atom is 0.262 e. The normalized spacial score (nSPS) is 13.9. The van der Waals surface area contributed by atoms with Crippen molar-refractivity contribution in [3.63, 3.8) is 0 Å². The molecule has 2 aromatic rings. The first-order valence-electron chi connectivity index (χ1n) is 9.16. The van der Waals surface area contributed by atoms with Crippen LogP contribution in [0.15, 0.2) is 29.6 Å². The van der Waals surface area contributed by atoms with E-state index in [4.69, 9.17) is 21.1 Å². The minimum atomic E-state index is -0.599. The third kappa shape index (κ3) is 4.97. The molecule has 2 heterocycles. The summed E-state index contributed by atoms with van der Waals surface area (Å²) in [5.41, 5.74) is 0.943. The van der Waals surface area contributed by atoms with Crippen molar-refractivity contribution in [2.24, 2.45) is 5.92 Å². The van der Waals surface area contributed by atoms with E-state index in [0.29, 0.717) is 47.6 Å². The first kappa shape index (κ1) is 20.5. The summed E-state index contributed by atoms with van der Waals surface area (Å²) in [7, 11) is 0. The number of nitrogens with one attached hydrogen (secondary N) is 2. The van der Waals surface area contributed by atoms with Crippen molar-refractivity contribution in [1.29, 1.82) is 0 Å². The Bertz CT molecular complexity index is 839. The lowest BCUT2D eigenvalue weighted by Crippen LogP contribution is -2.49. The third-order valence-corrected chi connectivity index (χ3v) is 5.50. The fourth-order valence-electron chi connectivity index (χ4n) is 2.90. The van der Waals surface area contributed by atoms with E-state index < -0.39 is 6.04 Å². The average molecular weight is 423 g/mol. The smallest absolute Gasteiger partial charge is 0.262 e. The number of hydrogen-bond acceptors (Lipinski definition) is 5. The molecular weight excluding hydrogens is 400 g/mol. The monoisotopic (exact) mass is 422 g/mol. The van der Waals surface area contributed by atoms with E-state index in [1.54, 1.807) is 6.07 Å². The van der Waals surface area contributed by atoms with Gasteiger partial charge in [0.25, 0.3) is 5.91 Å². The van der Waals surface area contributed by atoms with Gasteiger partial charge in [-0.15, -0.1) is 11.3 Å². The molecule has 3 rings (SSSR count). The van der Waals surface area contributed by atoms with Crippen LogP contribution in [0.3, 0.4) is 0 Å². The molecule has 2 N–H and O–H groups in total. The molecule has 1 unspecified atom stereocenters. The van der Waals surface area contributed by atoms with Gasteiger partial charge in [-0.05, 0) is 41.5 Å². The Kier molecular flexibility index (Phi) is 6.80. The Morgan fingerprint density at radius 2 is 2.04 bits per heavy atom. The Balaban J connectivity index is 1.56. The van der Waals surface area contributed by atoms with Crippen LogP contribution >= 0.6 is 22.9 Å². The van der Waals surface area contributed by atoms with Crippen molar-refractivity contribution in [2.75, 3.05) is 19.8 Å². The minimum Gasteiger partial charge on any atom is -0.486 e. The highest BCUT2D eigenvalue weighted by Crippen LogP contribution is 2.38. The van der Waals surface area contributed by atoms with Crippen LogP contribution in [-0.4, -0.2) is 37.6 Å². The fourth-order valence-corrected chi connectivity index (χ4v) is 3.82. The molecule has 1 aliphatic rings. The van der Waals surface area contributed by atoms with E-state index in [2.05, 4.69) is 10.6 Å². The van der Waals surface area contributed by atoms with Crippen molar-refractivity contribution in [1.82, 2.24) is 10.6 Å². The Morgan fingerprint density at radius 3 is 2.75 bits per heavy atom. The van der Waals surface area contributed by atoms with E-state index in [1.807, 2.05) is 37.4 Å². The molecule has 8 heteroatoms. The second-order valence-corrected chi connectivity index (χ2v) is 8.17. The molecule has 0 saturated heterocycles. The zero-order valence-electron chi connectivity index (χ0n) is 15.8. The summed E-state index contributed by atoms with van der Waals surface area (Å²) in [6.45, 7) is 5.20. The van der Waals surface area contributed by atoms with Gasteiger partial charge < -0.3 is 20.1 Å². The predicted molar refractivity (Wildman–Crippen MR) is 110 cm³/mol. The van der Waals surface area contributed by atoms with Crippen LogP contribution in [0, 0.1) is 5.92 Å². The number of rotatable bonds is 7. The molecular formula is C20H23ClN2O4S. The fraction of sp³-hybridized carbons (Fsp3) is 0.400. The highest BCUT2D eigenvalue weighted by Gasteiger charge is 2.25. The Labute approximate surface area is 173 Å².